The van der Waals surface area contributed by atoms with E-state index < -0.39 is 0 Å². The van der Waals surface area contributed by atoms with Gasteiger partial charge in [0.05, 0.1) is 6.61 Å². The minimum absolute atomic E-state index is 0.0341. The summed E-state index contributed by atoms with van der Waals surface area (Å²) in [5.74, 6) is 1.50. The van der Waals surface area contributed by atoms with Gasteiger partial charge in [-0.25, -0.2) is 0 Å². The fourth-order valence-electron chi connectivity index (χ4n) is 3.25. The Morgan fingerprint density at radius 1 is 1.30 bits per heavy atom. The number of hydrogen-bond donors (Lipinski definition) is 1. The quantitative estimate of drug-likeness (QED) is 0.912. The predicted octanol–water partition coefficient (Wildman–Crippen LogP) is 1.91. The number of nitrogens with one attached hydrogen (secondary N) is 1. The highest BCUT2D eigenvalue weighted by molar-refractivity contribution is 5.94. The van der Waals surface area contributed by atoms with Crippen molar-refractivity contribution in [2.75, 3.05) is 26.2 Å². The van der Waals surface area contributed by atoms with Crippen molar-refractivity contribution in [1.82, 2.24) is 10.2 Å². The van der Waals surface area contributed by atoms with Crippen LogP contribution in [0.2, 0.25) is 0 Å². The van der Waals surface area contributed by atoms with Crippen molar-refractivity contribution in [3.63, 3.8) is 0 Å². The summed E-state index contributed by atoms with van der Waals surface area (Å²) in [4.78, 5) is 14.7. The van der Waals surface area contributed by atoms with Crippen molar-refractivity contribution in [2.45, 2.75) is 25.8 Å². The maximum Gasteiger partial charge on any atom is 0.251 e. The summed E-state index contributed by atoms with van der Waals surface area (Å²) in [5, 5.41) is 3.20. The molecule has 3 aliphatic heterocycles. The number of carbonyl (C=O) groups is 1. The van der Waals surface area contributed by atoms with Crippen LogP contribution < -0.4 is 10.1 Å². The molecule has 3 fully saturated rings. The molecule has 0 aliphatic carbocycles. The third-order valence-electron chi connectivity index (χ3n) is 4.40. The summed E-state index contributed by atoms with van der Waals surface area (Å²) in [6.45, 7) is 5.99. The van der Waals surface area contributed by atoms with Crippen LogP contribution in [0, 0.1) is 5.92 Å². The maximum atomic E-state index is 12.3. The van der Waals surface area contributed by atoms with Crippen LogP contribution in [0.5, 0.6) is 5.75 Å². The van der Waals surface area contributed by atoms with E-state index in [0.717, 1.165) is 12.3 Å². The first-order valence-electron chi connectivity index (χ1n) is 7.52. The van der Waals surface area contributed by atoms with Crippen molar-refractivity contribution in [1.29, 1.82) is 0 Å². The lowest BCUT2D eigenvalue weighted by Crippen LogP contribution is -2.57. The van der Waals surface area contributed by atoms with Crippen LogP contribution >= 0.6 is 0 Å². The van der Waals surface area contributed by atoms with Crippen LogP contribution in [-0.4, -0.2) is 43.1 Å². The molecule has 20 heavy (non-hydrogen) atoms. The molecular weight excluding hydrogens is 252 g/mol. The molecule has 1 aromatic rings. The average molecular weight is 274 g/mol. The smallest absolute Gasteiger partial charge is 0.251 e. The molecule has 3 heterocycles. The maximum absolute atomic E-state index is 12.3. The van der Waals surface area contributed by atoms with E-state index in [1.807, 2.05) is 31.2 Å². The van der Waals surface area contributed by atoms with E-state index in [-0.39, 0.29) is 5.91 Å². The third-order valence-corrected chi connectivity index (χ3v) is 4.40. The SMILES string of the molecule is CCOc1ccc(C(=O)NC2CN3CCC2CC3)cc1. The molecule has 0 radical (unpaired) electrons. The Kier molecular flexibility index (Phi) is 3.92. The van der Waals surface area contributed by atoms with E-state index in [1.165, 1.54) is 25.9 Å². The molecule has 1 amide bonds. The van der Waals surface area contributed by atoms with Crippen LogP contribution in [0.15, 0.2) is 24.3 Å². The zero-order valence-corrected chi connectivity index (χ0v) is 12.0. The van der Waals surface area contributed by atoms with Crippen LogP contribution in [0.1, 0.15) is 30.1 Å². The Hall–Kier alpha value is -1.55. The number of hydrogen-bond acceptors (Lipinski definition) is 3. The summed E-state index contributed by atoms with van der Waals surface area (Å²) in [6, 6.07) is 7.70. The molecule has 0 aromatic heterocycles. The van der Waals surface area contributed by atoms with Gasteiger partial charge in [0.15, 0.2) is 0 Å². The van der Waals surface area contributed by atoms with Gasteiger partial charge in [-0.15, -0.1) is 0 Å². The van der Waals surface area contributed by atoms with Gasteiger partial charge in [-0.1, -0.05) is 0 Å². The van der Waals surface area contributed by atoms with E-state index in [0.29, 0.717) is 24.1 Å². The molecule has 3 aliphatic rings. The zero-order valence-electron chi connectivity index (χ0n) is 12.0. The van der Waals surface area contributed by atoms with Gasteiger partial charge < -0.3 is 15.0 Å². The molecule has 2 bridgehead atoms. The van der Waals surface area contributed by atoms with Crippen LogP contribution in [0.3, 0.4) is 0 Å². The number of carbonyl (C=O) groups excluding carboxylic acids is 1. The van der Waals surface area contributed by atoms with Crippen LogP contribution in [-0.2, 0) is 0 Å². The topological polar surface area (TPSA) is 41.6 Å². The van der Waals surface area contributed by atoms with E-state index in [9.17, 15) is 4.79 Å². The summed E-state index contributed by atoms with van der Waals surface area (Å²) in [7, 11) is 0. The first-order valence-corrected chi connectivity index (χ1v) is 7.52. The minimum atomic E-state index is 0.0341. The summed E-state index contributed by atoms with van der Waals surface area (Å²) < 4.78 is 5.39. The minimum Gasteiger partial charge on any atom is -0.494 e. The number of piperidine rings is 3. The van der Waals surface area contributed by atoms with Crippen LogP contribution in [0.25, 0.3) is 0 Å². The molecule has 3 saturated heterocycles. The monoisotopic (exact) mass is 274 g/mol. The molecule has 1 atom stereocenters. The normalized spacial score (nSPS) is 28.1. The Labute approximate surface area is 120 Å². The fraction of sp³-hybridized carbons (Fsp3) is 0.562. The molecule has 0 spiro atoms. The average Bonchev–Trinajstić information content (AvgIpc) is 2.49. The van der Waals surface area contributed by atoms with Crippen molar-refractivity contribution in [3.05, 3.63) is 29.8 Å². The number of ether oxygens (including phenoxy) is 1. The summed E-state index contributed by atoms with van der Waals surface area (Å²) >= 11 is 0. The molecular formula is C16H22N2O2. The van der Waals surface area contributed by atoms with Crippen molar-refractivity contribution < 1.29 is 9.53 Å². The first kappa shape index (κ1) is 13.4. The van der Waals surface area contributed by atoms with Gasteiger partial charge in [-0.05, 0) is 63.0 Å². The summed E-state index contributed by atoms with van der Waals surface area (Å²) in [6.07, 6.45) is 2.43. The van der Waals surface area contributed by atoms with Crippen molar-refractivity contribution in [3.8, 4) is 5.75 Å². The second-order valence-electron chi connectivity index (χ2n) is 5.68. The molecule has 4 heteroatoms. The van der Waals surface area contributed by atoms with Crippen molar-refractivity contribution >= 4 is 5.91 Å². The van der Waals surface area contributed by atoms with E-state index >= 15 is 0 Å². The molecule has 1 N–H and O–H groups in total. The van der Waals surface area contributed by atoms with Crippen molar-refractivity contribution in [2.24, 2.45) is 5.92 Å². The third kappa shape index (κ3) is 2.80. The Bertz CT molecular complexity index is 464. The molecule has 1 unspecified atom stereocenters. The van der Waals surface area contributed by atoms with E-state index in [1.54, 1.807) is 0 Å². The lowest BCUT2D eigenvalue weighted by atomic mass is 9.84. The number of benzene rings is 1. The lowest BCUT2D eigenvalue weighted by Gasteiger charge is -2.44. The van der Waals surface area contributed by atoms with Gasteiger partial charge in [0.25, 0.3) is 5.91 Å². The van der Waals surface area contributed by atoms with Gasteiger partial charge in [0.2, 0.25) is 0 Å². The Morgan fingerprint density at radius 3 is 2.55 bits per heavy atom. The second-order valence-corrected chi connectivity index (χ2v) is 5.68. The van der Waals surface area contributed by atoms with E-state index in [2.05, 4.69) is 10.2 Å². The van der Waals surface area contributed by atoms with Gasteiger partial charge >= 0.3 is 0 Å². The Balaban J connectivity index is 1.61. The largest absolute Gasteiger partial charge is 0.494 e. The van der Waals surface area contributed by atoms with Gasteiger partial charge in [0.1, 0.15) is 5.75 Å². The molecule has 1 aromatic carbocycles. The van der Waals surface area contributed by atoms with Gasteiger partial charge in [-0.2, -0.15) is 0 Å². The number of rotatable bonds is 4. The standard InChI is InChI=1S/C16H22N2O2/c1-2-20-14-5-3-13(4-6-14)16(19)17-15-11-18-9-7-12(15)8-10-18/h3-6,12,15H,2,7-11H2,1H3,(H,17,19). The highest BCUT2D eigenvalue weighted by Crippen LogP contribution is 2.27. The van der Waals surface area contributed by atoms with Gasteiger partial charge in [0, 0.05) is 18.2 Å². The van der Waals surface area contributed by atoms with Gasteiger partial charge in [-0.3, -0.25) is 4.79 Å². The number of nitrogens with zero attached hydrogens (tertiary/aromatic N) is 1. The highest BCUT2D eigenvalue weighted by Gasteiger charge is 2.34. The Morgan fingerprint density at radius 2 is 2.00 bits per heavy atom. The fourth-order valence-corrected chi connectivity index (χ4v) is 3.25. The first-order chi connectivity index (χ1) is 9.76. The molecule has 108 valence electrons. The predicted molar refractivity (Wildman–Crippen MR) is 78.0 cm³/mol. The number of fused-ring (bicyclic) bond motifs is 3. The van der Waals surface area contributed by atoms with Crippen LogP contribution in [0.4, 0.5) is 0 Å². The summed E-state index contributed by atoms with van der Waals surface area (Å²) in [5.41, 5.74) is 0.713. The molecule has 4 nitrogen and oxygen atoms in total. The number of amides is 1. The highest BCUT2D eigenvalue weighted by atomic mass is 16.5. The lowest BCUT2D eigenvalue weighted by molar-refractivity contribution is 0.0620. The molecule has 4 rings (SSSR count). The second kappa shape index (κ2) is 5.83. The zero-order chi connectivity index (χ0) is 13.9. The molecule has 0 saturated carbocycles. The van der Waals surface area contributed by atoms with E-state index in [4.69, 9.17) is 4.74 Å².